The molecule has 1 fully saturated rings. The number of piperazine rings is 1. The molecule has 0 saturated carbocycles. The number of hydrogen-bond acceptors (Lipinski definition) is 4. The first kappa shape index (κ1) is 16.1. The standard InChI is InChI=1S/C16H23N3O3/c1-12(2)17-16(21)19-10-8-18(9-11-19)14-7-5-4-6-13(14)15(20)22-3/h4-7,12H,8-11H2,1-3H3,(H,17,21). The molecule has 0 aliphatic carbocycles. The minimum absolute atomic E-state index is 0.0316. The topological polar surface area (TPSA) is 61.9 Å². The SMILES string of the molecule is COC(=O)c1ccccc1N1CCN(C(=O)NC(C)C)CC1. The first-order chi connectivity index (χ1) is 10.5. The van der Waals surface area contributed by atoms with Crippen LogP contribution in [-0.2, 0) is 4.74 Å². The lowest BCUT2D eigenvalue weighted by atomic mass is 10.1. The molecule has 1 aromatic rings. The monoisotopic (exact) mass is 305 g/mol. The first-order valence-corrected chi connectivity index (χ1v) is 7.50. The number of carbonyl (C=O) groups is 2. The molecule has 1 saturated heterocycles. The van der Waals surface area contributed by atoms with Crippen LogP contribution in [0.25, 0.3) is 0 Å². The second-order valence-corrected chi connectivity index (χ2v) is 5.59. The number of urea groups is 1. The second-order valence-electron chi connectivity index (χ2n) is 5.59. The molecule has 0 unspecified atom stereocenters. The highest BCUT2D eigenvalue weighted by atomic mass is 16.5. The Morgan fingerprint density at radius 1 is 1.14 bits per heavy atom. The van der Waals surface area contributed by atoms with Gasteiger partial charge in [-0.05, 0) is 26.0 Å². The molecule has 1 aliphatic heterocycles. The molecule has 0 atom stereocenters. The smallest absolute Gasteiger partial charge is 0.339 e. The summed E-state index contributed by atoms with van der Waals surface area (Å²) in [7, 11) is 1.38. The van der Waals surface area contributed by atoms with E-state index in [-0.39, 0.29) is 18.0 Å². The summed E-state index contributed by atoms with van der Waals surface area (Å²) in [5.74, 6) is -0.337. The van der Waals surface area contributed by atoms with Gasteiger partial charge in [-0.2, -0.15) is 0 Å². The summed E-state index contributed by atoms with van der Waals surface area (Å²) in [4.78, 5) is 27.8. The lowest BCUT2D eigenvalue weighted by molar-refractivity contribution is 0.0601. The Morgan fingerprint density at radius 2 is 1.77 bits per heavy atom. The van der Waals surface area contributed by atoms with E-state index in [1.54, 1.807) is 11.0 Å². The zero-order valence-electron chi connectivity index (χ0n) is 13.3. The Bertz CT molecular complexity index is 537. The number of benzene rings is 1. The second kappa shape index (κ2) is 7.15. The summed E-state index contributed by atoms with van der Waals surface area (Å²) in [6, 6.07) is 7.50. The van der Waals surface area contributed by atoms with Gasteiger partial charge in [0.2, 0.25) is 0 Å². The molecular weight excluding hydrogens is 282 g/mol. The van der Waals surface area contributed by atoms with Crippen molar-refractivity contribution in [1.29, 1.82) is 0 Å². The van der Waals surface area contributed by atoms with Gasteiger partial charge in [-0.15, -0.1) is 0 Å². The summed E-state index contributed by atoms with van der Waals surface area (Å²) >= 11 is 0. The number of hydrogen-bond donors (Lipinski definition) is 1. The molecule has 2 rings (SSSR count). The van der Waals surface area contributed by atoms with Crippen LogP contribution in [0.4, 0.5) is 10.5 Å². The van der Waals surface area contributed by atoms with Crippen molar-refractivity contribution in [2.75, 3.05) is 38.2 Å². The van der Waals surface area contributed by atoms with Crippen molar-refractivity contribution in [3.63, 3.8) is 0 Å². The number of rotatable bonds is 3. The molecule has 0 aromatic heterocycles. The van der Waals surface area contributed by atoms with Crippen LogP contribution in [0.2, 0.25) is 0 Å². The third-order valence-electron chi connectivity index (χ3n) is 3.63. The van der Waals surface area contributed by atoms with Crippen LogP contribution in [0.3, 0.4) is 0 Å². The zero-order valence-corrected chi connectivity index (χ0v) is 13.3. The van der Waals surface area contributed by atoms with Crippen LogP contribution in [0.1, 0.15) is 24.2 Å². The summed E-state index contributed by atoms with van der Waals surface area (Å²) in [6.45, 7) is 6.54. The van der Waals surface area contributed by atoms with E-state index >= 15 is 0 Å². The van der Waals surface area contributed by atoms with Crippen molar-refractivity contribution in [2.24, 2.45) is 0 Å². The van der Waals surface area contributed by atoms with Gasteiger partial charge in [0.1, 0.15) is 0 Å². The largest absolute Gasteiger partial charge is 0.465 e. The van der Waals surface area contributed by atoms with Gasteiger partial charge >= 0.3 is 12.0 Å². The van der Waals surface area contributed by atoms with Crippen molar-refractivity contribution in [2.45, 2.75) is 19.9 Å². The maximum atomic E-state index is 12.0. The Balaban J connectivity index is 2.03. The highest BCUT2D eigenvalue weighted by Gasteiger charge is 2.24. The molecule has 1 N–H and O–H groups in total. The third kappa shape index (κ3) is 3.69. The molecule has 22 heavy (non-hydrogen) atoms. The minimum atomic E-state index is -0.337. The van der Waals surface area contributed by atoms with Crippen LogP contribution in [0.15, 0.2) is 24.3 Å². The van der Waals surface area contributed by atoms with Crippen LogP contribution >= 0.6 is 0 Å². The Labute approximate surface area is 131 Å². The number of para-hydroxylation sites is 1. The van der Waals surface area contributed by atoms with Crippen LogP contribution in [0, 0.1) is 0 Å². The van der Waals surface area contributed by atoms with Gasteiger partial charge in [-0.3, -0.25) is 0 Å². The predicted octanol–water partition coefficient (Wildman–Crippen LogP) is 1.71. The van der Waals surface area contributed by atoms with Crippen molar-refractivity contribution in [1.82, 2.24) is 10.2 Å². The quantitative estimate of drug-likeness (QED) is 0.864. The van der Waals surface area contributed by atoms with Crippen molar-refractivity contribution in [3.8, 4) is 0 Å². The Morgan fingerprint density at radius 3 is 2.36 bits per heavy atom. The van der Waals surface area contributed by atoms with Gasteiger partial charge < -0.3 is 19.9 Å². The Kier molecular flexibility index (Phi) is 5.25. The first-order valence-electron chi connectivity index (χ1n) is 7.50. The number of ether oxygens (including phenoxy) is 1. The van der Waals surface area contributed by atoms with Gasteiger partial charge in [0.25, 0.3) is 0 Å². The Hall–Kier alpha value is -2.24. The number of amides is 2. The van der Waals surface area contributed by atoms with E-state index in [9.17, 15) is 9.59 Å². The third-order valence-corrected chi connectivity index (χ3v) is 3.63. The van der Waals surface area contributed by atoms with Gasteiger partial charge in [-0.1, -0.05) is 12.1 Å². The normalized spacial score (nSPS) is 14.9. The van der Waals surface area contributed by atoms with Crippen LogP contribution in [0.5, 0.6) is 0 Å². The van der Waals surface area contributed by atoms with Crippen LogP contribution < -0.4 is 10.2 Å². The summed E-state index contributed by atoms with van der Waals surface area (Å²) in [5, 5.41) is 2.90. The van der Waals surface area contributed by atoms with Crippen molar-refractivity contribution in [3.05, 3.63) is 29.8 Å². The van der Waals surface area contributed by atoms with E-state index in [1.807, 2.05) is 32.0 Å². The van der Waals surface area contributed by atoms with Crippen LogP contribution in [-0.4, -0.2) is 56.2 Å². The van der Waals surface area contributed by atoms with E-state index in [4.69, 9.17) is 4.74 Å². The molecule has 120 valence electrons. The molecule has 0 spiro atoms. The van der Waals surface area contributed by atoms with E-state index < -0.39 is 0 Å². The number of nitrogens with zero attached hydrogens (tertiary/aromatic N) is 2. The minimum Gasteiger partial charge on any atom is -0.465 e. The summed E-state index contributed by atoms with van der Waals surface area (Å²) in [5.41, 5.74) is 1.42. The summed E-state index contributed by atoms with van der Waals surface area (Å²) in [6.07, 6.45) is 0. The number of nitrogens with one attached hydrogen (secondary N) is 1. The number of carbonyl (C=O) groups excluding carboxylic acids is 2. The fourth-order valence-corrected chi connectivity index (χ4v) is 2.52. The summed E-state index contributed by atoms with van der Waals surface area (Å²) < 4.78 is 4.83. The highest BCUT2D eigenvalue weighted by molar-refractivity contribution is 5.95. The molecule has 1 aromatic carbocycles. The fourth-order valence-electron chi connectivity index (χ4n) is 2.52. The molecule has 0 bridgehead atoms. The molecule has 6 heteroatoms. The number of esters is 1. The van der Waals surface area contributed by atoms with E-state index in [2.05, 4.69) is 10.2 Å². The maximum absolute atomic E-state index is 12.0. The predicted molar refractivity (Wildman–Crippen MR) is 85.2 cm³/mol. The molecule has 6 nitrogen and oxygen atoms in total. The highest BCUT2D eigenvalue weighted by Crippen LogP contribution is 2.22. The molecule has 1 heterocycles. The maximum Gasteiger partial charge on any atom is 0.339 e. The zero-order chi connectivity index (χ0) is 16.1. The van der Waals surface area contributed by atoms with Crippen molar-refractivity contribution >= 4 is 17.7 Å². The number of anilines is 1. The van der Waals surface area contributed by atoms with E-state index in [1.165, 1.54) is 7.11 Å². The van der Waals surface area contributed by atoms with E-state index in [0.29, 0.717) is 31.7 Å². The van der Waals surface area contributed by atoms with Gasteiger partial charge in [-0.25, -0.2) is 9.59 Å². The average Bonchev–Trinajstić information content (AvgIpc) is 2.53. The lowest BCUT2D eigenvalue weighted by Crippen LogP contribution is -2.53. The number of methoxy groups -OCH3 is 1. The van der Waals surface area contributed by atoms with Gasteiger partial charge in [0.15, 0.2) is 0 Å². The van der Waals surface area contributed by atoms with Crippen molar-refractivity contribution < 1.29 is 14.3 Å². The van der Waals surface area contributed by atoms with Gasteiger partial charge in [0, 0.05) is 32.2 Å². The lowest BCUT2D eigenvalue weighted by Gasteiger charge is -2.37. The molecular formula is C16H23N3O3. The van der Waals surface area contributed by atoms with Gasteiger partial charge in [0.05, 0.1) is 18.4 Å². The average molecular weight is 305 g/mol. The fraction of sp³-hybridized carbons (Fsp3) is 0.500. The molecule has 2 amide bonds. The molecule has 1 aliphatic rings. The van der Waals surface area contributed by atoms with E-state index in [0.717, 1.165) is 5.69 Å². The molecule has 0 radical (unpaired) electrons.